The Labute approximate surface area is 143 Å². The molecule has 2 aliphatic heterocycles. The number of amides is 1. The van der Waals surface area contributed by atoms with Crippen molar-refractivity contribution < 1.29 is 14.4 Å². The molecule has 0 saturated carbocycles. The van der Waals surface area contributed by atoms with Gasteiger partial charge in [0.15, 0.2) is 0 Å². The van der Waals surface area contributed by atoms with Crippen LogP contribution in [0.4, 0.5) is 5.69 Å². The number of anilines is 1. The van der Waals surface area contributed by atoms with Crippen LogP contribution in [-0.4, -0.2) is 61.8 Å². The molecule has 2 aliphatic rings. The molecule has 0 bridgehead atoms. The molecule has 0 aromatic heterocycles. The lowest BCUT2D eigenvalue weighted by molar-refractivity contribution is -0.139. The number of hydroxylamine groups is 2. The van der Waals surface area contributed by atoms with E-state index >= 15 is 0 Å². The fraction of sp³-hybridized carbons (Fsp3) is 0.611. The van der Waals surface area contributed by atoms with E-state index in [1.165, 1.54) is 0 Å². The highest BCUT2D eigenvalue weighted by atomic mass is 16.7. The molecule has 132 valence electrons. The van der Waals surface area contributed by atoms with Gasteiger partial charge < -0.3 is 15.0 Å². The van der Waals surface area contributed by atoms with Gasteiger partial charge in [0.05, 0.1) is 13.7 Å². The van der Waals surface area contributed by atoms with Crippen LogP contribution in [0.5, 0.6) is 5.75 Å². The SMILES string of the molecule is COc1ccc(N[C@H]2CCCN(C(=O)CCN3CCCO3)C2)cc1. The lowest BCUT2D eigenvalue weighted by Gasteiger charge is -2.34. The van der Waals surface area contributed by atoms with Crippen molar-refractivity contribution in [3.63, 3.8) is 0 Å². The molecule has 2 heterocycles. The number of nitrogens with zero attached hydrogens (tertiary/aromatic N) is 2. The van der Waals surface area contributed by atoms with Crippen molar-refractivity contribution >= 4 is 11.6 Å². The molecule has 0 aliphatic carbocycles. The minimum atomic E-state index is 0.228. The van der Waals surface area contributed by atoms with Crippen molar-refractivity contribution in [3.05, 3.63) is 24.3 Å². The largest absolute Gasteiger partial charge is 0.497 e. The van der Waals surface area contributed by atoms with E-state index in [0.717, 1.165) is 56.9 Å². The van der Waals surface area contributed by atoms with Crippen LogP contribution in [0, 0.1) is 0 Å². The van der Waals surface area contributed by atoms with Crippen LogP contribution in [-0.2, 0) is 9.63 Å². The van der Waals surface area contributed by atoms with Crippen LogP contribution >= 0.6 is 0 Å². The molecule has 3 rings (SSSR count). The number of carbonyl (C=O) groups is 1. The molecule has 1 aromatic carbocycles. The van der Waals surface area contributed by atoms with Crippen LogP contribution in [0.3, 0.4) is 0 Å². The van der Waals surface area contributed by atoms with Gasteiger partial charge in [0.1, 0.15) is 5.75 Å². The quantitative estimate of drug-likeness (QED) is 0.864. The Morgan fingerprint density at radius 1 is 1.29 bits per heavy atom. The lowest BCUT2D eigenvalue weighted by atomic mass is 10.0. The number of hydrogen-bond donors (Lipinski definition) is 1. The van der Waals surface area contributed by atoms with Crippen molar-refractivity contribution in [2.24, 2.45) is 0 Å². The van der Waals surface area contributed by atoms with E-state index in [-0.39, 0.29) is 5.91 Å². The molecule has 2 saturated heterocycles. The molecular weight excluding hydrogens is 306 g/mol. The summed E-state index contributed by atoms with van der Waals surface area (Å²) in [6.45, 7) is 4.05. The maximum absolute atomic E-state index is 12.4. The summed E-state index contributed by atoms with van der Waals surface area (Å²) < 4.78 is 5.18. The first-order chi connectivity index (χ1) is 11.7. The maximum atomic E-state index is 12.4. The summed E-state index contributed by atoms with van der Waals surface area (Å²) in [6, 6.07) is 8.24. The van der Waals surface area contributed by atoms with Crippen molar-refractivity contribution in [1.82, 2.24) is 9.96 Å². The first kappa shape index (κ1) is 17.0. The highest BCUT2D eigenvalue weighted by Gasteiger charge is 2.24. The normalized spacial score (nSPS) is 21.7. The molecule has 1 amide bonds. The van der Waals surface area contributed by atoms with Crippen LogP contribution in [0.1, 0.15) is 25.7 Å². The van der Waals surface area contributed by atoms with Crippen molar-refractivity contribution in [3.8, 4) is 5.75 Å². The Morgan fingerprint density at radius 2 is 2.12 bits per heavy atom. The minimum Gasteiger partial charge on any atom is -0.497 e. The number of carbonyl (C=O) groups excluding carboxylic acids is 1. The second-order valence-electron chi connectivity index (χ2n) is 6.42. The monoisotopic (exact) mass is 333 g/mol. The van der Waals surface area contributed by atoms with Gasteiger partial charge in [-0.1, -0.05) is 0 Å². The van der Waals surface area contributed by atoms with Crippen LogP contribution in [0.25, 0.3) is 0 Å². The van der Waals surface area contributed by atoms with Gasteiger partial charge in [-0.3, -0.25) is 9.63 Å². The number of nitrogens with one attached hydrogen (secondary N) is 1. The van der Waals surface area contributed by atoms with Gasteiger partial charge in [-0.05, 0) is 43.5 Å². The molecule has 0 spiro atoms. The van der Waals surface area contributed by atoms with Crippen LogP contribution in [0.2, 0.25) is 0 Å². The van der Waals surface area contributed by atoms with Gasteiger partial charge in [-0.2, -0.15) is 5.06 Å². The molecule has 6 heteroatoms. The molecule has 0 unspecified atom stereocenters. The molecule has 2 fully saturated rings. The molecule has 1 atom stereocenters. The second kappa shape index (κ2) is 8.35. The number of benzene rings is 1. The van der Waals surface area contributed by atoms with Gasteiger partial charge in [-0.15, -0.1) is 0 Å². The zero-order valence-corrected chi connectivity index (χ0v) is 14.4. The molecule has 1 aromatic rings. The van der Waals surface area contributed by atoms with Crippen LogP contribution < -0.4 is 10.1 Å². The predicted octanol–water partition coefficient (Wildman–Crippen LogP) is 2.13. The van der Waals surface area contributed by atoms with E-state index in [0.29, 0.717) is 19.0 Å². The zero-order valence-electron chi connectivity index (χ0n) is 14.4. The lowest BCUT2D eigenvalue weighted by Crippen LogP contribution is -2.45. The third-order valence-corrected chi connectivity index (χ3v) is 4.64. The van der Waals surface area contributed by atoms with E-state index in [1.807, 2.05) is 34.2 Å². The van der Waals surface area contributed by atoms with Crippen molar-refractivity contribution in [1.29, 1.82) is 0 Å². The third kappa shape index (κ3) is 4.61. The maximum Gasteiger partial charge on any atom is 0.224 e. The molecule has 1 N–H and O–H groups in total. The van der Waals surface area contributed by atoms with E-state index in [4.69, 9.17) is 9.57 Å². The molecular formula is C18H27N3O3. The number of methoxy groups -OCH3 is 1. The topological polar surface area (TPSA) is 54.0 Å². The summed E-state index contributed by atoms with van der Waals surface area (Å²) in [7, 11) is 1.67. The first-order valence-electron chi connectivity index (χ1n) is 8.81. The van der Waals surface area contributed by atoms with E-state index < -0.39 is 0 Å². The highest BCUT2D eigenvalue weighted by molar-refractivity contribution is 5.76. The Balaban J connectivity index is 1.46. The minimum absolute atomic E-state index is 0.228. The van der Waals surface area contributed by atoms with E-state index in [1.54, 1.807) is 7.11 Å². The average molecular weight is 333 g/mol. The Kier molecular flexibility index (Phi) is 5.93. The smallest absolute Gasteiger partial charge is 0.224 e. The van der Waals surface area contributed by atoms with Crippen LogP contribution in [0.15, 0.2) is 24.3 Å². The summed E-state index contributed by atoms with van der Waals surface area (Å²) in [5.74, 6) is 1.08. The summed E-state index contributed by atoms with van der Waals surface area (Å²) in [6.07, 6.45) is 3.73. The van der Waals surface area contributed by atoms with Crippen molar-refractivity contribution in [2.45, 2.75) is 31.7 Å². The number of rotatable bonds is 6. The zero-order chi connectivity index (χ0) is 16.8. The molecule has 6 nitrogen and oxygen atoms in total. The first-order valence-corrected chi connectivity index (χ1v) is 8.81. The average Bonchev–Trinajstić information content (AvgIpc) is 3.14. The number of piperidine rings is 1. The predicted molar refractivity (Wildman–Crippen MR) is 93.0 cm³/mol. The number of hydrogen-bond acceptors (Lipinski definition) is 5. The third-order valence-electron chi connectivity index (χ3n) is 4.64. The summed E-state index contributed by atoms with van der Waals surface area (Å²) in [4.78, 5) is 19.9. The summed E-state index contributed by atoms with van der Waals surface area (Å²) in [5.41, 5.74) is 1.07. The Bertz CT molecular complexity index is 529. The second-order valence-corrected chi connectivity index (χ2v) is 6.42. The van der Waals surface area contributed by atoms with Gasteiger partial charge in [-0.25, -0.2) is 0 Å². The highest BCUT2D eigenvalue weighted by Crippen LogP contribution is 2.19. The van der Waals surface area contributed by atoms with E-state index in [2.05, 4.69) is 5.32 Å². The van der Waals surface area contributed by atoms with Gasteiger partial charge in [0.2, 0.25) is 5.91 Å². The van der Waals surface area contributed by atoms with E-state index in [9.17, 15) is 4.79 Å². The number of ether oxygens (including phenoxy) is 1. The molecule has 24 heavy (non-hydrogen) atoms. The Morgan fingerprint density at radius 3 is 2.83 bits per heavy atom. The summed E-state index contributed by atoms with van der Waals surface area (Å²) >= 11 is 0. The van der Waals surface area contributed by atoms with Gasteiger partial charge in [0, 0.05) is 44.3 Å². The molecule has 0 radical (unpaired) electrons. The number of likely N-dealkylation sites (tertiary alicyclic amines) is 1. The Hall–Kier alpha value is -1.79. The standard InChI is InChI=1S/C18H27N3O3/c1-23-17-7-5-15(6-8-17)19-16-4-2-10-20(14-16)18(22)9-12-21-11-3-13-24-21/h5-8,16,19H,2-4,9-14H2,1H3/t16-/m0/s1. The van der Waals surface area contributed by atoms with Gasteiger partial charge in [0.25, 0.3) is 0 Å². The fourth-order valence-corrected chi connectivity index (χ4v) is 3.30. The fourth-order valence-electron chi connectivity index (χ4n) is 3.30. The van der Waals surface area contributed by atoms with Gasteiger partial charge >= 0.3 is 0 Å². The van der Waals surface area contributed by atoms with Crippen molar-refractivity contribution in [2.75, 3.05) is 45.2 Å². The summed E-state index contributed by atoms with van der Waals surface area (Å²) in [5, 5.41) is 5.44.